The Morgan fingerprint density at radius 2 is 2.24 bits per heavy atom. The fraction of sp³-hybridized carbons (Fsp3) is 0.308. The van der Waals surface area contributed by atoms with Crippen LogP contribution in [0.15, 0.2) is 30.5 Å². The first-order valence-corrected chi connectivity index (χ1v) is 5.55. The maximum atomic E-state index is 8.97. The lowest BCUT2D eigenvalue weighted by Gasteiger charge is -2.08. The van der Waals surface area contributed by atoms with Gasteiger partial charge >= 0.3 is 0 Å². The molecular weight excluding hydrogens is 216 g/mol. The van der Waals surface area contributed by atoms with Gasteiger partial charge in [0.05, 0.1) is 19.0 Å². The second-order valence-corrected chi connectivity index (χ2v) is 3.90. The molecule has 1 heterocycles. The molecule has 0 atom stereocenters. The molecule has 1 aromatic carbocycles. The lowest BCUT2D eigenvalue weighted by molar-refractivity contribution is 0.296. The summed E-state index contributed by atoms with van der Waals surface area (Å²) in [5, 5.41) is 13.3. The van der Waals surface area contributed by atoms with E-state index in [0.29, 0.717) is 12.3 Å². The number of aliphatic hydroxyl groups is 1. The Morgan fingerprint density at radius 3 is 2.88 bits per heavy atom. The topological polar surface area (TPSA) is 47.3 Å². The van der Waals surface area contributed by atoms with Crippen LogP contribution in [0, 0.1) is 6.92 Å². The van der Waals surface area contributed by atoms with E-state index in [4.69, 9.17) is 9.84 Å². The van der Waals surface area contributed by atoms with Gasteiger partial charge in [-0.3, -0.25) is 0 Å². The molecule has 0 aliphatic heterocycles. The first-order valence-electron chi connectivity index (χ1n) is 5.55. The van der Waals surface area contributed by atoms with Crippen LogP contribution in [0.3, 0.4) is 0 Å². The third-order valence-electron chi connectivity index (χ3n) is 2.62. The Hall–Kier alpha value is -1.81. The third kappa shape index (κ3) is 2.31. The van der Waals surface area contributed by atoms with E-state index in [2.05, 4.69) is 5.10 Å². The standard InChI is InChI=1S/C13H16N2O2/c1-10-4-3-5-12(8-10)15-13(17-2)11(6-7-16)9-14-15/h3-5,8-9,16H,6-7H2,1-2H3. The van der Waals surface area contributed by atoms with Crippen LogP contribution in [-0.2, 0) is 6.42 Å². The van der Waals surface area contributed by atoms with Crippen molar-refractivity contribution >= 4 is 0 Å². The number of nitrogens with zero attached hydrogens (tertiary/aromatic N) is 2. The second kappa shape index (κ2) is 5.01. The second-order valence-electron chi connectivity index (χ2n) is 3.90. The minimum atomic E-state index is 0.0931. The van der Waals surface area contributed by atoms with Crippen LogP contribution in [0.2, 0.25) is 0 Å². The zero-order valence-corrected chi connectivity index (χ0v) is 10.1. The van der Waals surface area contributed by atoms with Gasteiger partial charge in [-0.1, -0.05) is 12.1 Å². The summed E-state index contributed by atoms with van der Waals surface area (Å²) in [7, 11) is 1.62. The quantitative estimate of drug-likeness (QED) is 0.873. The Kier molecular flexibility index (Phi) is 3.44. The molecule has 0 bridgehead atoms. The highest BCUT2D eigenvalue weighted by Gasteiger charge is 2.12. The highest BCUT2D eigenvalue weighted by atomic mass is 16.5. The molecule has 2 aromatic rings. The van der Waals surface area contributed by atoms with Gasteiger partial charge in [-0.25, -0.2) is 4.68 Å². The highest BCUT2D eigenvalue weighted by molar-refractivity contribution is 5.40. The molecule has 0 fully saturated rings. The fourth-order valence-corrected chi connectivity index (χ4v) is 1.82. The van der Waals surface area contributed by atoms with Crippen molar-refractivity contribution < 1.29 is 9.84 Å². The number of hydrogen-bond acceptors (Lipinski definition) is 3. The molecule has 0 unspecified atom stereocenters. The van der Waals surface area contributed by atoms with Crippen LogP contribution in [0.1, 0.15) is 11.1 Å². The van der Waals surface area contributed by atoms with Crippen molar-refractivity contribution in [2.45, 2.75) is 13.3 Å². The van der Waals surface area contributed by atoms with Crippen molar-refractivity contribution in [3.05, 3.63) is 41.6 Å². The Bertz CT molecular complexity index is 506. The Morgan fingerprint density at radius 1 is 1.41 bits per heavy atom. The SMILES string of the molecule is COc1c(CCO)cnn1-c1cccc(C)c1. The molecule has 0 amide bonds. The number of hydrogen-bond donors (Lipinski definition) is 1. The van der Waals surface area contributed by atoms with E-state index in [-0.39, 0.29) is 6.61 Å². The third-order valence-corrected chi connectivity index (χ3v) is 2.62. The normalized spacial score (nSPS) is 10.5. The van der Waals surface area contributed by atoms with Crippen molar-refractivity contribution in [2.75, 3.05) is 13.7 Å². The zero-order chi connectivity index (χ0) is 12.3. The first kappa shape index (κ1) is 11.7. The predicted octanol–water partition coefficient (Wildman–Crippen LogP) is 1.72. The van der Waals surface area contributed by atoms with Gasteiger partial charge in [0.15, 0.2) is 0 Å². The first-order chi connectivity index (χ1) is 8.26. The number of aryl methyl sites for hydroxylation is 1. The number of rotatable bonds is 4. The molecule has 2 rings (SSSR count). The van der Waals surface area contributed by atoms with E-state index in [1.165, 1.54) is 5.56 Å². The molecule has 1 aromatic heterocycles. The van der Waals surface area contributed by atoms with Crippen LogP contribution >= 0.6 is 0 Å². The maximum Gasteiger partial charge on any atom is 0.219 e. The molecule has 4 nitrogen and oxygen atoms in total. The average molecular weight is 232 g/mol. The predicted molar refractivity (Wildman–Crippen MR) is 65.6 cm³/mol. The van der Waals surface area contributed by atoms with Crippen LogP contribution < -0.4 is 4.74 Å². The van der Waals surface area contributed by atoms with E-state index >= 15 is 0 Å². The largest absolute Gasteiger partial charge is 0.481 e. The highest BCUT2D eigenvalue weighted by Crippen LogP contribution is 2.23. The monoisotopic (exact) mass is 232 g/mol. The van der Waals surface area contributed by atoms with E-state index in [9.17, 15) is 0 Å². The molecule has 0 saturated carbocycles. The number of benzene rings is 1. The van der Waals surface area contributed by atoms with E-state index in [1.807, 2.05) is 31.2 Å². The van der Waals surface area contributed by atoms with Crippen LogP contribution in [-0.4, -0.2) is 28.6 Å². The molecular formula is C13H16N2O2. The molecule has 17 heavy (non-hydrogen) atoms. The summed E-state index contributed by atoms with van der Waals surface area (Å²) in [4.78, 5) is 0. The summed E-state index contributed by atoms with van der Waals surface area (Å²) in [5.41, 5.74) is 3.05. The molecule has 0 radical (unpaired) electrons. The summed E-state index contributed by atoms with van der Waals surface area (Å²) in [6, 6.07) is 8.04. The van der Waals surface area contributed by atoms with Gasteiger partial charge in [0.25, 0.3) is 0 Å². The van der Waals surface area contributed by atoms with Gasteiger partial charge in [0.2, 0.25) is 5.88 Å². The molecule has 1 N–H and O–H groups in total. The van der Waals surface area contributed by atoms with Crippen LogP contribution in [0.5, 0.6) is 5.88 Å². The van der Waals surface area contributed by atoms with Crippen molar-refractivity contribution in [3.63, 3.8) is 0 Å². The van der Waals surface area contributed by atoms with Gasteiger partial charge < -0.3 is 9.84 Å². The van der Waals surface area contributed by atoms with E-state index in [1.54, 1.807) is 18.0 Å². The Labute approximate surface area is 100 Å². The van der Waals surface area contributed by atoms with Gasteiger partial charge in [-0.2, -0.15) is 5.10 Å². The molecule has 90 valence electrons. The summed E-state index contributed by atoms with van der Waals surface area (Å²) in [5.74, 6) is 0.685. The van der Waals surface area contributed by atoms with Crippen molar-refractivity contribution in [2.24, 2.45) is 0 Å². The summed E-state index contributed by atoms with van der Waals surface area (Å²) in [6.45, 7) is 2.13. The van der Waals surface area contributed by atoms with Gasteiger partial charge in [-0.15, -0.1) is 0 Å². The van der Waals surface area contributed by atoms with Crippen molar-refractivity contribution in [1.29, 1.82) is 0 Å². The Balaban J connectivity index is 2.45. The number of aliphatic hydroxyl groups excluding tert-OH is 1. The van der Waals surface area contributed by atoms with Gasteiger partial charge in [-0.05, 0) is 24.6 Å². The lowest BCUT2D eigenvalue weighted by atomic mass is 10.2. The summed E-state index contributed by atoms with van der Waals surface area (Å²) >= 11 is 0. The van der Waals surface area contributed by atoms with Gasteiger partial charge in [0.1, 0.15) is 0 Å². The molecule has 4 heteroatoms. The number of ether oxygens (including phenoxy) is 1. The number of methoxy groups -OCH3 is 1. The van der Waals surface area contributed by atoms with Crippen molar-refractivity contribution in [3.8, 4) is 11.6 Å². The number of aromatic nitrogens is 2. The fourth-order valence-electron chi connectivity index (χ4n) is 1.82. The summed E-state index contributed by atoms with van der Waals surface area (Å²) < 4.78 is 7.10. The molecule has 0 aliphatic rings. The van der Waals surface area contributed by atoms with Crippen molar-refractivity contribution in [1.82, 2.24) is 9.78 Å². The lowest BCUT2D eigenvalue weighted by Crippen LogP contribution is -2.01. The van der Waals surface area contributed by atoms with Crippen LogP contribution in [0.25, 0.3) is 5.69 Å². The van der Waals surface area contributed by atoms with Crippen LogP contribution in [0.4, 0.5) is 0 Å². The molecule has 0 saturated heterocycles. The minimum Gasteiger partial charge on any atom is -0.481 e. The molecule has 0 spiro atoms. The zero-order valence-electron chi connectivity index (χ0n) is 10.1. The minimum absolute atomic E-state index is 0.0931. The molecule has 0 aliphatic carbocycles. The smallest absolute Gasteiger partial charge is 0.219 e. The van der Waals surface area contributed by atoms with E-state index in [0.717, 1.165) is 11.3 Å². The van der Waals surface area contributed by atoms with E-state index < -0.39 is 0 Å². The summed E-state index contributed by atoms with van der Waals surface area (Å²) in [6.07, 6.45) is 2.28. The average Bonchev–Trinajstić information content (AvgIpc) is 2.72. The maximum absolute atomic E-state index is 8.97. The van der Waals surface area contributed by atoms with Gasteiger partial charge in [0, 0.05) is 18.6 Å².